The summed E-state index contributed by atoms with van der Waals surface area (Å²) in [6.07, 6.45) is 4.31. The van der Waals surface area contributed by atoms with Crippen LogP contribution in [-0.4, -0.2) is 50.3 Å². The van der Waals surface area contributed by atoms with E-state index in [1.54, 1.807) is 12.1 Å². The van der Waals surface area contributed by atoms with Crippen molar-refractivity contribution in [2.45, 2.75) is 37.9 Å². The highest BCUT2D eigenvalue weighted by Gasteiger charge is 2.20. The van der Waals surface area contributed by atoms with Crippen LogP contribution < -0.4 is 10.6 Å². The quantitative estimate of drug-likeness (QED) is 0.825. The van der Waals surface area contributed by atoms with Gasteiger partial charge in [-0.2, -0.15) is 0 Å². The Morgan fingerprint density at radius 3 is 1.83 bits per heavy atom. The number of nitrogens with one attached hydrogen (secondary N) is 2. The molecule has 2 amide bonds. The van der Waals surface area contributed by atoms with Gasteiger partial charge in [-0.05, 0) is 37.8 Å². The summed E-state index contributed by atoms with van der Waals surface area (Å²) in [5.41, 5.74) is 0. The van der Waals surface area contributed by atoms with Gasteiger partial charge in [0.25, 0.3) is 11.8 Å². The van der Waals surface area contributed by atoms with Crippen molar-refractivity contribution in [3.8, 4) is 0 Å². The molecule has 2 N–H and O–H groups in total. The topological polar surface area (TPSA) is 76.7 Å². The van der Waals surface area contributed by atoms with Crippen LogP contribution in [0.3, 0.4) is 0 Å². The molecular formula is C16H22N2O4S. The highest BCUT2D eigenvalue weighted by atomic mass is 32.1. The van der Waals surface area contributed by atoms with E-state index < -0.39 is 0 Å². The van der Waals surface area contributed by atoms with Crippen molar-refractivity contribution in [1.82, 2.24) is 10.6 Å². The molecule has 6 nitrogen and oxygen atoms in total. The first-order valence-electron chi connectivity index (χ1n) is 8.12. The van der Waals surface area contributed by atoms with E-state index in [4.69, 9.17) is 9.47 Å². The van der Waals surface area contributed by atoms with E-state index in [0.717, 1.165) is 38.9 Å². The van der Waals surface area contributed by atoms with Gasteiger partial charge in [0.15, 0.2) is 0 Å². The third-order valence-corrected chi connectivity index (χ3v) is 5.16. The molecule has 2 saturated heterocycles. The van der Waals surface area contributed by atoms with Gasteiger partial charge in [0.05, 0.1) is 22.0 Å². The van der Waals surface area contributed by atoms with Crippen molar-refractivity contribution < 1.29 is 19.1 Å². The molecule has 2 unspecified atom stereocenters. The Balaban J connectivity index is 1.46. The van der Waals surface area contributed by atoms with Gasteiger partial charge >= 0.3 is 0 Å². The zero-order valence-corrected chi connectivity index (χ0v) is 13.8. The number of amides is 2. The van der Waals surface area contributed by atoms with Crippen LogP contribution in [0, 0.1) is 0 Å². The number of rotatable bonds is 6. The maximum atomic E-state index is 12.1. The molecule has 0 radical (unpaired) electrons. The van der Waals surface area contributed by atoms with E-state index in [0.29, 0.717) is 22.8 Å². The first kappa shape index (κ1) is 16.4. The van der Waals surface area contributed by atoms with Crippen molar-refractivity contribution in [3.63, 3.8) is 0 Å². The molecule has 3 rings (SSSR count). The molecule has 23 heavy (non-hydrogen) atoms. The van der Waals surface area contributed by atoms with Crippen LogP contribution >= 0.6 is 11.3 Å². The van der Waals surface area contributed by atoms with Crippen LogP contribution in [0.4, 0.5) is 0 Å². The highest BCUT2D eigenvalue weighted by molar-refractivity contribution is 7.15. The Morgan fingerprint density at radius 2 is 1.43 bits per heavy atom. The average Bonchev–Trinajstić information content (AvgIpc) is 3.32. The Kier molecular flexibility index (Phi) is 5.64. The first-order chi connectivity index (χ1) is 11.2. The van der Waals surface area contributed by atoms with Gasteiger partial charge in [-0.15, -0.1) is 11.3 Å². The lowest BCUT2D eigenvalue weighted by Crippen LogP contribution is -2.31. The Morgan fingerprint density at radius 1 is 0.957 bits per heavy atom. The molecule has 0 aliphatic carbocycles. The van der Waals surface area contributed by atoms with Crippen molar-refractivity contribution in [2.24, 2.45) is 0 Å². The van der Waals surface area contributed by atoms with Crippen molar-refractivity contribution in [2.75, 3.05) is 26.3 Å². The number of hydrogen-bond acceptors (Lipinski definition) is 5. The van der Waals surface area contributed by atoms with Crippen LogP contribution in [0.2, 0.25) is 0 Å². The van der Waals surface area contributed by atoms with E-state index >= 15 is 0 Å². The largest absolute Gasteiger partial charge is 0.376 e. The van der Waals surface area contributed by atoms with Gasteiger partial charge in [0.1, 0.15) is 0 Å². The monoisotopic (exact) mass is 338 g/mol. The third-order valence-electron chi connectivity index (χ3n) is 4.08. The summed E-state index contributed by atoms with van der Waals surface area (Å²) in [6, 6.07) is 3.38. The van der Waals surface area contributed by atoms with Gasteiger partial charge in [0, 0.05) is 26.3 Å². The van der Waals surface area contributed by atoms with Crippen LogP contribution in [-0.2, 0) is 9.47 Å². The molecule has 2 aliphatic heterocycles. The lowest BCUT2D eigenvalue weighted by Gasteiger charge is -2.10. The minimum atomic E-state index is -0.149. The summed E-state index contributed by atoms with van der Waals surface area (Å²) in [7, 11) is 0. The van der Waals surface area contributed by atoms with E-state index in [2.05, 4.69) is 10.6 Å². The highest BCUT2D eigenvalue weighted by Crippen LogP contribution is 2.17. The molecule has 1 aromatic rings. The Bertz CT molecular complexity index is 502. The zero-order chi connectivity index (χ0) is 16.1. The molecule has 2 fully saturated rings. The van der Waals surface area contributed by atoms with E-state index in [1.807, 2.05) is 0 Å². The minimum absolute atomic E-state index is 0.119. The maximum absolute atomic E-state index is 12.1. The molecule has 2 aliphatic rings. The molecular weight excluding hydrogens is 316 g/mol. The molecule has 126 valence electrons. The summed E-state index contributed by atoms with van der Waals surface area (Å²) < 4.78 is 11.0. The molecule has 0 bridgehead atoms. The van der Waals surface area contributed by atoms with Crippen molar-refractivity contribution in [1.29, 1.82) is 0 Å². The predicted octanol–water partition coefficient (Wildman–Crippen LogP) is 1.57. The summed E-state index contributed by atoms with van der Waals surface area (Å²) in [5, 5.41) is 5.73. The van der Waals surface area contributed by atoms with Crippen LogP contribution in [0.1, 0.15) is 45.0 Å². The molecule has 7 heteroatoms. The summed E-state index contributed by atoms with van der Waals surface area (Å²) >= 11 is 1.21. The summed E-state index contributed by atoms with van der Waals surface area (Å²) in [4.78, 5) is 25.3. The van der Waals surface area contributed by atoms with Gasteiger partial charge in [-0.25, -0.2) is 0 Å². The van der Waals surface area contributed by atoms with Gasteiger partial charge in [-0.3, -0.25) is 9.59 Å². The first-order valence-corrected chi connectivity index (χ1v) is 8.93. The molecule has 0 aromatic carbocycles. The van der Waals surface area contributed by atoms with Gasteiger partial charge in [-0.1, -0.05) is 0 Å². The van der Waals surface area contributed by atoms with Crippen LogP contribution in [0.15, 0.2) is 12.1 Å². The second kappa shape index (κ2) is 7.90. The van der Waals surface area contributed by atoms with Crippen LogP contribution in [0.5, 0.6) is 0 Å². The lowest BCUT2D eigenvalue weighted by molar-refractivity contribution is 0.0859. The predicted molar refractivity (Wildman–Crippen MR) is 86.9 cm³/mol. The smallest absolute Gasteiger partial charge is 0.261 e. The zero-order valence-electron chi connectivity index (χ0n) is 13.0. The second-order valence-electron chi connectivity index (χ2n) is 5.85. The number of thiophene rings is 1. The summed E-state index contributed by atoms with van der Waals surface area (Å²) in [6.45, 7) is 2.59. The Labute approximate surface area is 139 Å². The SMILES string of the molecule is O=C(NCC1CCCO1)c1ccc(C(=O)NCC2CCCO2)s1. The maximum Gasteiger partial charge on any atom is 0.261 e. The van der Waals surface area contributed by atoms with Crippen molar-refractivity contribution in [3.05, 3.63) is 21.9 Å². The minimum Gasteiger partial charge on any atom is -0.376 e. The number of carbonyl (C=O) groups is 2. The summed E-state index contributed by atoms with van der Waals surface area (Å²) in [5.74, 6) is -0.299. The lowest BCUT2D eigenvalue weighted by atomic mass is 10.2. The normalized spacial score (nSPS) is 23.8. The molecule has 0 saturated carbocycles. The fraction of sp³-hybridized carbons (Fsp3) is 0.625. The molecule has 2 atom stereocenters. The van der Waals surface area contributed by atoms with E-state index in [-0.39, 0.29) is 24.0 Å². The number of hydrogen-bond donors (Lipinski definition) is 2. The molecule has 1 aromatic heterocycles. The molecule has 0 spiro atoms. The van der Waals surface area contributed by atoms with Crippen molar-refractivity contribution >= 4 is 23.2 Å². The number of ether oxygens (including phenoxy) is 2. The van der Waals surface area contributed by atoms with Gasteiger partial charge in [0.2, 0.25) is 0 Å². The second-order valence-corrected chi connectivity index (χ2v) is 6.94. The van der Waals surface area contributed by atoms with Gasteiger partial charge < -0.3 is 20.1 Å². The van der Waals surface area contributed by atoms with E-state index in [9.17, 15) is 9.59 Å². The number of carbonyl (C=O) groups excluding carboxylic acids is 2. The molecule has 3 heterocycles. The van der Waals surface area contributed by atoms with Crippen LogP contribution in [0.25, 0.3) is 0 Å². The fourth-order valence-corrected chi connectivity index (χ4v) is 3.62. The third kappa shape index (κ3) is 4.53. The Hall–Kier alpha value is -1.44. The van der Waals surface area contributed by atoms with E-state index in [1.165, 1.54) is 11.3 Å². The fourth-order valence-electron chi connectivity index (χ4n) is 2.78. The standard InChI is InChI=1S/C16H22N2O4S/c19-15(17-9-11-3-1-7-21-11)13-5-6-14(23-13)16(20)18-10-12-4-2-8-22-12/h5-6,11-12H,1-4,7-10H2,(H,17,19)(H,18,20). The average molecular weight is 338 g/mol.